The second kappa shape index (κ2) is 7.19. The summed E-state index contributed by atoms with van der Waals surface area (Å²) in [6.07, 6.45) is 0. The van der Waals surface area contributed by atoms with E-state index < -0.39 is 22.0 Å². The van der Waals surface area contributed by atoms with E-state index in [4.69, 9.17) is 0 Å². The molecule has 7 nitrogen and oxygen atoms in total. The lowest BCUT2D eigenvalue weighted by Crippen LogP contribution is -2.44. The highest BCUT2D eigenvalue weighted by Gasteiger charge is 2.17. The van der Waals surface area contributed by atoms with Crippen LogP contribution in [0.1, 0.15) is 24.2 Å². The van der Waals surface area contributed by atoms with Crippen LogP contribution in [-0.2, 0) is 14.8 Å². The second-order valence-corrected chi connectivity index (χ2v) is 6.21. The molecule has 0 saturated carbocycles. The lowest BCUT2D eigenvalue weighted by molar-refractivity contribution is -0.122. The molecule has 21 heavy (non-hydrogen) atoms. The first kappa shape index (κ1) is 17.1. The first-order valence-electron chi connectivity index (χ1n) is 6.44. The maximum absolute atomic E-state index is 11.9. The molecule has 1 aromatic carbocycles. The molecule has 0 aromatic heterocycles. The summed E-state index contributed by atoms with van der Waals surface area (Å²) in [5.41, 5.74) is 0.279. The molecular weight excluding hydrogens is 294 g/mol. The minimum Gasteiger partial charge on any atom is -0.355 e. The van der Waals surface area contributed by atoms with Crippen LogP contribution in [0.2, 0.25) is 0 Å². The van der Waals surface area contributed by atoms with Crippen LogP contribution in [0.3, 0.4) is 0 Å². The number of amides is 2. The Morgan fingerprint density at radius 3 is 2.24 bits per heavy atom. The minimum absolute atomic E-state index is 0.0679. The second-order valence-electron chi connectivity index (χ2n) is 4.32. The largest absolute Gasteiger partial charge is 0.355 e. The first-order valence-corrected chi connectivity index (χ1v) is 7.92. The summed E-state index contributed by atoms with van der Waals surface area (Å²) in [5, 5.41) is 5.13. The number of carbonyl (C=O) groups excluding carboxylic acids is 2. The highest BCUT2D eigenvalue weighted by Crippen LogP contribution is 2.10. The van der Waals surface area contributed by atoms with Gasteiger partial charge in [0.25, 0.3) is 5.91 Å². The van der Waals surface area contributed by atoms with E-state index in [-0.39, 0.29) is 16.4 Å². The SMILES string of the molecule is CCNC(=O)C(C)NC(=O)c1ccc(S(=O)(=O)NC)cc1. The van der Waals surface area contributed by atoms with Crippen LogP contribution in [0.15, 0.2) is 29.2 Å². The zero-order valence-electron chi connectivity index (χ0n) is 12.1. The van der Waals surface area contributed by atoms with Crippen molar-refractivity contribution >= 4 is 21.8 Å². The zero-order chi connectivity index (χ0) is 16.0. The number of likely N-dealkylation sites (N-methyl/N-ethyl adjacent to an activating group) is 1. The van der Waals surface area contributed by atoms with E-state index in [1.165, 1.54) is 31.3 Å². The van der Waals surface area contributed by atoms with Gasteiger partial charge >= 0.3 is 0 Å². The topological polar surface area (TPSA) is 104 Å². The molecule has 3 N–H and O–H groups in total. The van der Waals surface area contributed by atoms with E-state index in [0.717, 1.165) is 0 Å². The van der Waals surface area contributed by atoms with Gasteiger partial charge in [0.05, 0.1) is 4.90 Å². The fourth-order valence-corrected chi connectivity index (χ4v) is 2.31. The van der Waals surface area contributed by atoms with E-state index in [1.807, 2.05) is 0 Å². The molecule has 2 amide bonds. The number of benzene rings is 1. The molecule has 0 heterocycles. The van der Waals surface area contributed by atoms with Crippen LogP contribution in [-0.4, -0.2) is 39.9 Å². The van der Waals surface area contributed by atoms with Gasteiger partial charge in [-0.2, -0.15) is 0 Å². The van der Waals surface area contributed by atoms with Crippen molar-refractivity contribution in [3.63, 3.8) is 0 Å². The van der Waals surface area contributed by atoms with E-state index in [9.17, 15) is 18.0 Å². The smallest absolute Gasteiger partial charge is 0.251 e. The Morgan fingerprint density at radius 2 is 1.76 bits per heavy atom. The van der Waals surface area contributed by atoms with Crippen LogP contribution < -0.4 is 15.4 Å². The lowest BCUT2D eigenvalue weighted by atomic mass is 10.2. The summed E-state index contributed by atoms with van der Waals surface area (Å²) in [6, 6.07) is 4.78. The summed E-state index contributed by atoms with van der Waals surface area (Å²) in [4.78, 5) is 23.5. The van der Waals surface area contributed by atoms with Gasteiger partial charge in [0.1, 0.15) is 6.04 Å². The Hall–Kier alpha value is -1.93. The van der Waals surface area contributed by atoms with Gasteiger partial charge in [0.2, 0.25) is 15.9 Å². The van der Waals surface area contributed by atoms with Crippen molar-refractivity contribution in [1.82, 2.24) is 15.4 Å². The predicted octanol–water partition coefficient (Wildman–Crippen LogP) is -0.151. The Kier molecular flexibility index (Phi) is 5.86. The summed E-state index contributed by atoms with van der Waals surface area (Å²) in [7, 11) is -2.22. The quantitative estimate of drug-likeness (QED) is 0.679. The molecule has 0 radical (unpaired) electrons. The lowest BCUT2D eigenvalue weighted by Gasteiger charge is -2.13. The molecule has 1 atom stereocenters. The van der Waals surface area contributed by atoms with Crippen LogP contribution in [0.25, 0.3) is 0 Å². The van der Waals surface area contributed by atoms with Crippen molar-refractivity contribution in [3.05, 3.63) is 29.8 Å². The molecule has 8 heteroatoms. The maximum atomic E-state index is 11.9. The number of nitrogens with one attached hydrogen (secondary N) is 3. The molecule has 0 aliphatic rings. The first-order chi connectivity index (χ1) is 9.81. The van der Waals surface area contributed by atoms with E-state index >= 15 is 0 Å². The van der Waals surface area contributed by atoms with Gasteiger partial charge in [-0.3, -0.25) is 9.59 Å². The molecule has 0 aliphatic carbocycles. The number of hydrogen-bond acceptors (Lipinski definition) is 4. The standard InChI is InChI=1S/C13H19N3O4S/c1-4-15-12(17)9(2)16-13(18)10-5-7-11(8-6-10)21(19,20)14-3/h5-9,14H,4H2,1-3H3,(H,15,17)(H,16,18). The third-order valence-electron chi connectivity index (χ3n) is 2.79. The van der Waals surface area contributed by atoms with E-state index in [0.29, 0.717) is 6.54 Å². The number of sulfonamides is 1. The normalized spacial score (nSPS) is 12.5. The van der Waals surface area contributed by atoms with Gasteiger partial charge in [-0.1, -0.05) is 0 Å². The van der Waals surface area contributed by atoms with Crippen LogP contribution in [0.4, 0.5) is 0 Å². The fraction of sp³-hybridized carbons (Fsp3) is 0.385. The van der Waals surface area contributed by atoms with Crippen LogP contribution >= 0.6 is 0 Å². The van der Waals surface area contributed by atoms with Gasteiger partial charge in [0.15, 0.2) is 0 Å². The van der Waals surface area contributed by atoms with Gasteiger partial charge < -0.3 is 10.6 Å². The Labute approximate surface area is 124 Å². The third-order valence-corrected chi connectivity index (χ3v) is 4.22. The molecule has 0 spiro atoms. The molecule has 0 saturated heterocycles. The molecule has 116 valence electrons. The van der Waals surface area contributed by atoms with E-state index in [2.05, 4.69) is 15.4 Å². The number of rotatable bonds is 6. The molecule has 1 aromatic rings. The van der Waals surface area contributed by atoms with Crippen molar-refractivity contribution < 1.29 is 18.0 Å². The minimum atomic E-state index is -3.53. The molecule has 1 unspecified atom stereocenters. The molecule has 0 fully saturated rings. The van der Waals surface area contributed by atoms with Crippen molar-refractivity contribution in [2.75, 3.05) is 13.6 Å². The zero-order valence-corrected chi connectivity index (χ0v) is 13.0. The number of carbonyl (C=O) groups is 2. The highest BCUT2D eigenvalue weighted by molar-refractivity contribution is 7.89. The van der Waals surface area contributed by atoms with Crippen molar-refractivity contribution in [2.45, 2.75) is 24.8 Å². The molecule has 1 rings (SSSR count). The average molecular weight is 313 g/mol. The summed E-state index contributed by atoms with van der Waals surface area (Å²) in [5.74, 6) is -0.720. The Bertz CT molecular complexity index is 611. The van der Waals surface area contributed by atoms with Crippen molar-refractivity contribution in [3.8, 4) is 0 Å². The monoisotopic (exact) mass is 313 g/mol. The summed E-state index contributed by atoms with van der Waals surface area (Å²) < 4.78 is 25.3. The van der Waals surface area contributed by atoms with Gasteiger partial charge in [-0.05, 0) is 45.2 Å². The van der Waals surface area contributed by atoms with Crippen LogP contribution in [0.5, 0.6) is 0 Å². The molecular formula is C13H19N3O4S. The highest BCUT2D eigenvalue weighted by atomic mass is 32.2. The fourth-order valence-electron chi connectivity index (χ4n) is 1.58. The number of hydrogen-bond donors (Lipinski definition) is 3. The van der Waals surface area contributed by atoms with Crippen molar-refractivity contribution in [1.29, 1.82) is 0 Å². The Balaban J connectivity index is 2.79. The maximum Gasteiger partial charge on any atom is 0.251 e. The van der Waals surface area contributed by atoms with E-state index in [1.54, 1.807) is 13.8 Å². The van der Waals surface area contributed by atoms with Gasteiger partial charge in [0, 0.05) is 12.1 Å². The van der Waals surface area contributed by atoms with Gasteiger partial charge in [-0.25, -0.2) is 13.1 Å². The predicted molar refractivity (Wildman–Crippen MR) is 78.3 cm³/mol. The third kappa shape index (κ3) is 4.54. The molecule has 0 aliphatic heterocycles. The average Bonchev–Trinajstić information content (AvgIpc) is 2.47. The summed E-state index contributed by atoms with van der Waals surface area (Å²) in [6.45, 7) is 3.84. The van der Waals surface area contributed by atoms with Gasteiger partial charge in [-0.15, -0.1) is 0 Å². The molecule has 0 bridgehead atoms. The summed E-state index contributed by atoms with van der Waals surface area (Å²) >= 11 is 0. The van der Waals surface area contributed by atoms with Crippen LogP contribution in [0, 0.1) is 0 Å². The van der Waals surface area contributed by atoms with Crippen molar-refractivity contribution in [2.24, 2.45) is 0 Å². The Morgan fingerprint density at radius 1 is 1.19 bits per heavy atom.